The Hall–Kier alpha value is -0.900. The fourth-order valence-electron chi connectivity index (χ4n) is 4.67. The largest absolute Gasteiger partial charge is 0.381 e. The first-order chi connectivity index (χ1) is 10.8. The number of hydrogen-bond acceptors (Lipinski definition) is 3. The van der Waals surface area contributed by atoms with Crippen LogP contribution in [0.25, 0.3) is 10.1 Å². The van der Waals surface area contributed by atoms with Crippen LogP contribution in [-0.2, 0) is 11.3 Å². The zero-order valence-corrected chi connectivity index (χ0v) is 14.2. The van der Waals surface area contributed by atoms with Crippen molar-refractivity contribution in [3.8, 4) is 0 Å². The second kappa shape index (κ2) is 5.95. The summed E-state index contributed by atoms with van der Waals surface area (Å²) in [5, 5.41) is 1.39. The molecule has 0 N–H and O–H groups in total. The van der Waals surface area contributed by atoms with Gasteiger partial charge in [0, 0.05) is 35.2 Å². The van der Waals surface area contributed by atoms with E-state index in [1.165, 1.54) is 60.2 Å². The molecule has 0 amide bonds. The van der Waals surface area contributed by atoms with Crippen LogP contribution >= 0.6 is 11.3 Å². The molecule has 1 aromatic heterocycles. The summed E-state index contributed by atoms with van der Waals surface area (Å²) in [7, 11) is 1.91. The molecule has 2 fully saturated rings. The van der Waals surface area contributed by atoms with Crippen molar-refractivity contribution in [2.24, 2.45) is 5.41 Å². The molecule has 118 valence electrons. The minimum Gasteiger partial charge on any atom is -0.381 e. The summed E-state index contributed by atoms with van der Waals surface area (Å²) in [6.07, 6.45) is 7.12. The lowest BCUT2D eigenvalue weighted by atomic mass is 9.76. The second-order valence-electron chi connectivity index (χ2n) is 7.04. The van der Waals surface area contributed by atoms with Crippen LogP contribution in [0, 0.1) is 5.41 Å². The number of nitrogens with zero attached hydrogens (tertiary/aromatic N) is 1. The Kier molecular flexibility index (Phi) is 3.97. The Balaban J connectivity index is 1.50. The summed E-state index contributed by atoms with van der Waals surface area (Å²) < 4.78 is 7.24. The van der Waals surface area contributed by atoms with Crippen LogP contribution < -0.4 is 0 Å². The molecule has 22 heavy (non-hydrogen) atoms. The van der Waals surface area contributed by atoms with Crippen molar-refractivity contribution in [3.05, 3.63) is 35.2 Å². The number of ether oxygens (including phenoxy) is 1. The van der Waals surface area contributed by atoms with Crippen LogP contribution in [0.5, 0.6) is 0 Å². The average molecular weight is 315 g/mol. The third-order valence-corrected chi connectivity index (χ3v) is 6.75. The smallest absolute Gasteiger partial charge is 0.0639 e. The van der Waals surface area contributed by atoms with E-state index in [-0.39, 0.29) is 0 Å². The number of likely N-dealkylation sites (tertiary alicyclic amines) is 1. The van der Waals surface area contributed by atoms with E-state index in [2.05, 4.69) is 35.2 Å². The van der Waals surface area contributed by atoms with Crippen molar-refractivity contribution in [1.82, 2.24) is 4.90 Å². The standard InChI is InChI=1S/C19H25NOS/c1-21-18-8-4-9-19(18)10-5-11-20(14-19)13-16-12-15-6-2-3-7-17(15)22-16/h2-3,6-7,12,18H,4-5,8-11,13-14H2,1H3/t18-,19+/m1/s1. The van der Waals surface area contributed by atoms with Gasteiger partial charge in [-0.3, -0.25) is 4.90 Å². The number of thiophene rings is 1. The number of fused-ring (bicyclic) bond motifs is 1. The maximum absolute atomic E-state index is 5.83. The molecule has 1 spiro atoms. The molecule has 3 heteroatoms. The van der Waals surface area contributed by atoms with Crippen molar-refractivity contribution in [1.29, 1.82) is 0 Å². The van der Waals surface area contributed by atoms with Gasteiger partial charge in [-0.15, -0.1) is 11.3 Å². The molecule has 1 aliphatic carbocycles. The predicted octanol–water partition coefficient (Wildman–Crippen LogP) is 4.68. The lowest BCUT2D eigenvalue weighted by Crippen LogP contribution is -2.47. The maximum Gasteiger partial charge on any atom is 0.0639 e. The first-order valence-electron chi connectivity index (χ1n) is 8.52. The SMILES string of the molecule is CO[C@@H]1CCC[C@@]12CCCN(Cc1cc3ccccc3s1)C2. The van der Waals surface area contributed by atoms with Gasteiger partial charge in [-0.05, 0) is 49.7 Å². The zero-order valence-electron chi connectivity index (χ0n) is 13.4. The molecule has 2 nitrogen and oxygen atoms in total. The highest BCUT2D eigenvalue weighted by Gasteiger charge is 2.45. The quantitative estimate of drug-likeness (QED) is 0.815. The summed E-state index contributed by atoms with van der Waals surface area (Å²) in [5.74, 6) is 0. The molecular weight excluding hydrogens is 290 g/mol. The van der Waals surface area contributed by atoms with Crippen molar-refractivity contribution >= 4 is 21.4 Å². The van der Waals surface area contributed by atoms with Gasteiger partial charge in [0.25, 0.3) is 0 Å². The molecule has 0 radical (unpaired) electrons. The molecule has 0 unspecified atom stereocenters. The lowest BCUT2D eigenvalue weighted by Gasteiger charge is -2.43. The van der Waals surface area contributed by atoms with Gasteiger partial charge in [0.1, 0.15) is 0 Å². The molecule has 2 aromatic rings. The van der Waals surface area contributed by atoms with Crippen molar-refractivity contribution < 1.29 is 4.74 Å². The third-order valence-electron chi connectivity index (χ3n) is 5.65. The van der Waals surface area contributed by atoms with Gasteiger partial charge in [-0.2, -0.15) is 0 Å². The van der Waals surface area contributed by atoms with Gasteiger partial charge in [-0.1, -0.05) is 24.6 Å². The molecular formula is C19H25NOS. The molecule has 4 rings (SSSR count). The third kappa shape index (κ3) is 2.60. The normalized spacial score (nSPS) is 29.6. The Morgan fingerprint density at radius 3 is 3.00 bits per heavy atom. The number of methoxy groups -OCH3 is 1. The number of benzene rings is 1. The van der Waals surface area contributed by atoms with Gasteiger partial charge < -0.3 is 4.74 Å². The minimum absolute atomic E-state index is 0.434. The predicted molar refractivity (Wildman–Crippen MR) is 93.4 cm³/mol. The van der Waals surface area contributed by atoms with Gasteiger partial charge in [0.15, 0.2) is 0 Å². The van der Waals surface area contributed by atoms with E-state index in [1.807, 2.05) is 18.4 Å². The molecule has 2 aliphatic rings. The van der Waals surface area contributed by atoms with E-state index < -0.39 is 0 Å². The highest BCUT2D eigenvalue weighted by molar-refractivity contribution is 7.19. The summed E-state index contributed by atoms with van der Waals surface area (Å²) >= 11 is 1.96. The Morgan fingerprint density at radius 1 is 1.27 bits per heavy atom. The number of rotatable bonds is 3. The Labute approximate surface area is 137 Å². The van der Waals surface area contributed by atoms with Crippen molar-refractivity contribution in [2.45, 2.75) is 44.8 Å². The maximum atomic E-state index is 5.83. The molecule has 1 aliphatic heterocycles. The summed E-state index contributed by atoms with van der Waals surface area (Å²) in [6, 6.07) is 11.1. The Morgan fingerprint density at radius 2 is 2.14 bits per heavy atom. The van der Waals surface area contributed by atoms with E-state index in [0.717, 1.165) is 6.54 Å². The highest BCUT2D eigenvalue weighted by atomic mass is 32.1. The van der Waals surface area contributed by atoms with Crippen LogP contribution in [0.15, 0.2) is 30.3 Å². The van der Waals surface area contributed by atoms with E-state index in [4.69, 9.17) is 4.74 Å². The summed E-state index contributed by atoms with van der Waals surface area (Å²) in [6.45, 7) is 3.57. The molecule has 1 aromatic carbocycles. The average Bonchev–Trinajstić information content (AvgIpc) is 3.10. The van der Waals surface area contributed by atoms with Crippen LogP contribution in [-0.4, -0.2) is 31.2 Å². The van der Waals surface area contributed by atoms with Crippen LogP contribution in [0.3, 0.4) is 0 Å². The van der Waals surface area contributed by atoms with Crippen LogP contribution in [0.4, 0.5) is 0 Å². The summed E-state index contributed by atoms with van der Waals surface area (Å²) in [4.78, 5) is 4.18. The fraction of sp³-hybridized carbons (Fsp3) is 0.579. The first kappa shape index (κ1) is 14.7. The Bertz CT molecular complexity index is 619. The van der Waals surface area contributed by atoms with E-state index in [1.54, 1.807) is 0 Å². The van der Waals surface area contributed by atoms with Crippen molar-refractivity contribution in [3.63, 3.8) is 0 Å². The van der Waals surface area contributed by atoms with E-state index in [0.29, 0.717) is 11.5 Å². The molecule has 1 saturated carbocycles. The molecule has 1 saturated heterocycles. The fourth-order valence-corrected chi connectivity index (χ4v) is 5.78. The van der Waals surface area contributed by atoms with Gasteiger partial charge >= 0.3 is 0 Å². The zero-order chi connectivity index (χ0) is 15.0. The second-order valence-corrected chi connectivity index (χ2v) is 8.21. The van der Waals surface area contributed by atoms with E-state index in [9.17, 15) is 0 Å². The minimum atomic E-state index is 0.434. The van der Waals surface area contributed by atoms with E-state index >= 15 is 0 Å². The number of piperidine rings is 1. The van der Waals surface area contributed by atoms with Gasteiger partial charge in [0.05, 0.1) is 6.10 Å². The molecule has 2 atom stereocenters. The van der Waals surface area contributed by atoms with Crippen molar-refractivity contribution in [2.75, 3.05) is 20.2 Å². The monoisotopic (exact) mass is 315 g/mol. The molecule has 0 bridgehead atoms. The summed E-state index contributed by atoms with van der Waals surface area (Å²) in [5.41, 5.74) is 0.434. The van der Waals surface area contributed by atoms with Crippen LogP contribution in [0.1, 0.15) is 37.0 Å². The van der Waals surface area contributed by atoms with Gasteiger partial charge in [0.2, 0.25) is 0 Å². The first-order valence-corrected chi connectivity index (χ1v) is 9.33. The van der Waals surface area contributed by atoms with Gasteiger partial charge in [-0.25, -0.2) is 0 Å². The molecule has 2 heterocycles. The topological polar surface area (TPSA) is 12.5 Å². The van der Waals surface area contributed by atoms with Crippen LogP contribution in [0.2, 0.25) is 0 Å². The number of hydrogen-bond donors (Lipinski definition) is 0. The highest BCUT2D eigenvalue weighted by Crippen LogP contribution is 2.46. The lowest BCUT2D eigenvalue weighted by molar-refractivity contribution is -0.0364.